The molecule has 0 atom stereocenters. The van der Waals surface area contributed by atoms with Crippen molar-refractivity contribution >= 4 is 17.3 Å². The summed E-state index contributed by atoms with van der Waals surface area (Å²) in [6.07, 6.45) is 7.07. The molecule has 0 saturated heterocycles. The molecule has 1 fully saturated rings. The summed E-state index contributed by atoms with van der Waals surface area (Å²) in [6, 6.07) is 20.0. The second kappa shape index (κ2) is 9.38. The second-order valence-electron chi connectivity index (χ2n) is 9.55. The number of imidazole rings is 1. The van der Waals surface area contributed by atoms with Crippen molar-refractivity contribution in [2.45, 2.75) is 24.8 Å². The zero-order valence-corrected chi connectivity index (χ0v) is 20.4. The molecule has 2 aliphatic rings. The largest absolute Gasteiger partial charge is 0.395 e. The Morgan fingerprint density at radius 3 is 2.51 bits per heavy atom. The maximum atomic E-state index is 12.9. The van der Waals surface area contributed by atoms with Gasteiger partial charge < -0.3 is 16.2 Å². The molecular weight excluding hydrogens is 464 g/mol. The standard InChI is InChI=1S/C29H28N6O2/c30-29(13-5-14-29)21-11-9-19(10-12-21)25-26(20-6-2-1-3-7-20)35-27(33-25)22(23-8-4-15-31-23)18-24(34-35)28(37)32-16-17-36/h1-4,6-12,18,36H,5,13-17,30H2,(H,32,37). The van der Waals surface area contributed by atoms with Gasteiger partial charge in [0.25, 0.3) is 5.91 Å². The number of carbonyl (C=O) groups excluding carboxylic acids is 1. The number of hydrogen-bond donors (Lipinski definition) is 3. The fraction of sp³-hybridized carbons (Fsp3) is 0.241. The monoisotopic (exact) mass is 492 g/mol. The van der Waals surface area contributed by atoms with Crippen LogP contribution < -0.4 is 11.1 Å². The Morgan fingerprint density at radius 1 is 1.08 bits per heavy atom. The van der Waals surface area contributed by atoms with Gasteiger partial charge in [0.15, 0.2) is 5.65 Å². The molecule has 0 bridgehead atoms. The number of aliphatic imine (C=N–C) groups is 1. The van der Waals surface area contributed by atoms with Crippen LogP contribution in [0.3, 0.4) is 0 Å². The van der Waals surface area contributed by atoms with Crippen molar-refractivity contribution in [1.82, 2.24) is 19.9 Å². The third-order valence-corrected chi connectivity index (χ3v) is 7.16. The molecule has 186 valence electrons. The van der Waals surface area contributed by atoms with Gasteiger partial charge in [-0.3, -0.25) is 9.79 Å². The Morgan fingerprint density at radius 2 is 1.86 bits per heavy atom. The van der Waals surface area contributed by atoms with Gasteiger partial charge in [-0.15, -0.1) is 0 Å². The third kappa shape index (κ3) is 4.14. The molecule has 8 heteroatoms. The molecule has 2 aromatic heterocycles. The van der Waals surface area contributed by atoms with Crippen LogP contribution in [0.5, 0.6) is 0 Å². The number of nitrogens with one attached hydrogen (secondary N) is 1. The first-order valence-corrected chi connectivity index (χ1v) is 12.6. The third-order valence-electron chi connectivity index (χ3n) is 7.16. The average Bonchev–Trinajstić information content (AvgIpc) is 3.59. The van der Waals surface area contributed by atoms with E-state index in [2.05, 4.69) is 34.6 Å². The minimum absolute atomic E-state index is 0.143. The van der Waals surface area contributed by atoms with Crippen LogP contribution in [0.2, 0.25) is 0 Å². The highest BCUT2D eigenvalue weighted by Gasteiger charge is 2.34. The first-order valence-electron chi connectivity index (χ1n) is 12.6. The van der Waals surface area contributed by atoms with Gasteiger partial charge in [0.2, 0.25) is 0 Å². The Labute approximate surface area is 214 Å². The number of carbonyl (C=O) groups is 1. The van der Waals surface area contributed by atoms with E-state index in [-0.39, 0.29) is 30.3 Å². The minimum atomic E-state index is -0.368. The number of fused-ring (bicyclic) bond motifs is 1. The highest BCUT2D eigenvalue weighted by Crippen LogP contribution is 2.40. The average molecular weight is 493 g/mol. The Kier molecular flexibility index (Phi) is 5.90. The van der Waals surface area contributed by atoms with E-state index in [0.717, 1.165) is 58.6 Å². The molecule has 4 N–H and O–H groups in total. The summed E-state index contributed by atoms with van der Waals surface area (Å²) in [5.74, 6) is -0.368. The summed E-state index contributed by atoms with van der Waals surface area (Å²) < 4.78 is 1.74. The van der Waals surface area contributed by atoms with Crippen molar-refractivity contribution < 1.29 is 9.90 Å². The van der Waals surface area contributed by atoms with Crippen LogP contribution in [-0.4, -0.2) is 51.0 Å². The van der Waals surface area contributed by atoms with Gasteiger partial charge in [0.1, 0.15) is 11.4 Å². The van der Waals surface area contributed by atoms with E-state index < -0.39 is 0 Å². The van der Waals surface area contributed by atoms with Crippen LogP contribution >= 0.6 is 0 Å². The molecule has 37 heavy (non-hydrogen) atoms. The Hall–Kier alpha value is -4.14. The van der Waals surface area contributed by atoms with Gasteiger partial charge >= 0.3 is 0 Å². The van der Waals surface area contributed by atoms with E-state index in [9.17, 15) is 9.90 Å². The number of nitrogens with two attached hydrogens (primary N) is 1. The predicted octanol–water partition coefficient (Wildman–Crippen LogP) is 3.48. The van der Waals surface area contributed by atoms with Gasteiger partial charge in [-0.2, -0.15) is 5.10 Å². The van der Waals surface area contributed by atoms with Crippen LogP contribution in [0.15, 0.2) is 77.8 Å². The van der Waals surface area contributed by atoms with Crippen molar-refractivity contribution in [1.29, 1.82) is 0 Å². The SMILES string of the molecule is NC1(c2ccc(-c3nc4c(C5=NCC=C5)cc(C(=O)NCCO)nn4c3-c3ccccc3)cc2)CCC1. The molecule has 4 aromatic rings. The summed E-state index contributed by atoms with van der Waals surface area (Å²) in [5, 5.41) is 16.6. The summed E-state index contributed by atoms with van der Waals surface area (Å²) in [7, 11) is 0. The lowest BCUT2D eigenvalue weighted by atomic mass is 9.72. The molecule has 6 rings (SSSR count). The normalized spacial score (nSPS) is 16.0. The number of benzene rings is 2. The highest BCUT2D eigenvalue weighted by atomic mass is 16.3. The van der Waals surface area contributed by atoms with Gasteiger partial charge in [-0.1, -0.05) is 60.7 Å². The molecule has 1 aliphatic carbocycles. The quantitative estimate of drug-likeness (QED) is 0.365. The zero-order valence-electron chi connectivity index (χ0n) is 20.4. The smallest absolute Gasteiger partial charge is 0.271 e. The van der Waals surface area contributed by atoms with Crippen molar-refractivity contribution in [2.24, 2.45) is 10.7 Å². The first kappa shape index (κ1) is 23.3. The van der Waals surface area contributed by atoms with Gasteiger partial charge in [0.05, 0.1) is 24.6 Å². The molecule has 2 aromatic carbocycles. The number of amides is 1. The zero-order chi connectivity index (χ0) is 25.4. The number of allylic oxidation sites excluding steroid dienone is 1. The van der Waals surface area contributed by atoms with E-state index in [1.807, 2.05) is 42.5 Å². The van der Waals surface area contributed by atoms with E-state index in [4.69, 9.17) is 15.8 Å². The van der Waals surface area contributed by atoms with Gasteiger partial charge in [0, 0.05) is 28.8 Å². The van der Waals surface area contributed by atoms with Crippen molar-refractivity contribution in [3.8, 4) is 22.5 Å². The summed E-state index contributed by atoms with van der Waals surface area (Å²) in [6.45, 7) is 0.572. The molecule has 1 amide bonds. The maximum absolute atomic E-state index is 12.9. The molecule has 1 aliphatic heterocycles. The summed E-state index contributed by atoms with van der Waals surface area (Å²) in [4.78, 5) is 22.6. The molecule has 1 saturated carbocycles. The van der Waals surface area contributed by atoms with E-state index in [1.165, 1.54) is 0 Å². The molecule has 3 heterocycles. The van der Waals surface area contributed by atoms with E-state index >= 15 is 0 Å². The first-order chi connectivity index (χ1) is 18.1. The number of rotatable bonds is 7. The lowest BCUT2D eigenvalue weighted by Gasteiger charge is -2.38. The molecule has 0 unspecified atom stereocenters. The van der Waals surface area contributed by atoms with Crippen LogP contribution in [0.1, 0.15) is 40.9 Å². The number of aliphatic hydroxyl groups excluding tert-OH is 1. The summed E-state index contributed by atoms with van der Waals surface area (Å²) >= 11 is 0. The van der Waals surface area contributed by atoms with Gasteiger partial charge in [-0.25, -0.2) is 9.50 Å². The minimum Gasteiger partial charge on any atom is -0.395 e. The molecular formula is C29H28N6O2. The number of aromatic nitrogens is 3. The molecule has 0 spiro atoms. The van der Waals surface area contributed by atoms with Crippen LogP contribution in [0.4, 0.5) is 0 Å². The lowest BCUT2D eigenvalue weighted by Crippen LogP contribution is -2.43. The van der Waals surface area contributed by atoms with Crippen molar-refractivity contribution in [2.75, 3.05) is 19.7 Å². The topological polar surface area (TPSA) is 118 Å². The lowest BCUT2D eigenvalue weighted by molar-refractivity contribution is 0.0938. The fourth-order valence-corrected chi connectivity index (χ4v) is 4.99. The summed E-state index contributed by atoms with van der Waals surface area (Å²) in [5.41, 5.74) is 13.2. The number of nitrogens with zero attached hydrogens (tertiary/aromatic N) is 4. The molecule has 8 nitrogen and oxygen atoms in total. The Balaban J connectivity index is 1.58. The Bertz CT molecular complexity index is 1530. The van der Waals surface area contributed by atoms with Crippen LogP contribution in [-0.2, 0) is 5.54 Å². The van der Waals surface area contributed by atoms with E-state index in [1.54, 1.807) is 10.6 Å². The second-order valence-corrected chi connectivity index (χ2v) is 9.55. The fourth-order valence-electron chi connectivity index (χ4n) is 4.99. The number of aliphatic hydroxyl groups is 1. The number of hydrogen-bond acceptors (Lipinski definition) is 6. The van der Waals surface area contributed by atoms with Crippen molar-refractivity contribution in [3.63, 3.8) is 0 Å². The van der Waals surface area contributed by atoms with Crippen LogP contribution in [0, 0.1) is 0 Å². The van der Waals surface area contributed by atoms with Crippen molar-refractivity contribution in [3.05, 3.63) is 89.6 Å². The predicted molar refractivity (Wildman–Crippen MR) is 144 cm³/mol. The van der Waals surface area contributed by atoms with Crippen LogP contribution in [0.25, 0.3) is 28.2 Å². The van der Waals surface area contributed by atoms with E-state index in [0.29, 0.717) is 12.2 Å². The van der Waals surface area contributed by atoms with Gasteiger partial charge in [-0.05, 0) is 37.0 Å². The highest BCUT2D eigenvalue weighted by molar-refractivity contribution is 6.14. The molecule has 0 radical (unpaired) electrons. The maximum Gasteiger partial charge on any atom is 0.271 e.